The zero-order valence-corrected chi connectivity index (χ0v) is 14.0. The summed E-state index contributed by atoms with van der Waals surface area (Å²) in [4.78, 5) is 11.3. The van der Waals surface area contributed by atoms with Crippen molar-refractivity contribution in [2.24, 2.45) is 11.5 Å². The molecule has 0 fully saturated rings. The molecule has 0 atom stereocenters. The summed E-state index contributed by atoms with van der Waals surface area (Å²) in [6.45, 7) is 3.43. The number of hydrogen-bond acceptors (Lipinski definition) is 2. The van der Waals surface area contributed by atoms with E-state index in [1.54, 1.807) is 6.92 Å². The number of halogens is 3. The van der Waals surface area contributed by atoms with Crippen LogP contribution in [0.2, 0.25) is 5.02 Å². The molecule has 4 N–H and O–H groups in total. The number of primary amides is 1. The van der Waals surface area contributed by atoms with Gasteiger partial charge in [0.05, 0.1) is 0 Å². The SMILES string of the molecule is CCc1c(/C(C)=C(\N)C(N)=O)cc(F)cc1-c1ccc(Cl)cc1F. The van der Waals surface area contributed by atoms with E-state index in [1.807, 2.05) is 6.92 Å². The maximum Gasteiger partial charge on any atom is 0.264 e. The lowest BCUT2D eigenvalue weighted by Gasteiger charge is -2.16. The lowest BCUT2D eigenvalue weighted by molar-refractivity contribution is -0.114. The number of hydrogen-bond donors (Lipinski definition) is 2. The summed E-state index contributed by atoms with van der Waals surface area (Å²) in [5.41, 5.74) is 12.8. The van der Waals surface area contributed by atoms with Gasteiger partial charge in [0.25, 0.3) is 5.91 Å². The van der Waals surface area contributed by atoms with E-state index in [0.717, 1.165) is 0 Å². The number of allylic oxidation sites excluding steroid dienone is 1. The molecule has 3 nitrogen and oxygen atoms in total. The van der Waals surface area contributed by atoms with E-state index in [0.29, 0.717) is 28.7 Å². The van der Waals surface area contributed by atoms with Gasteiger partial charge in [-0.25, -0.2) is 8.78 Å². The summed E-state index contributed by atoms with van der Waals surface area (Å²) < 4.78 is 28.4. The molecule has 0 saturated heterocycles. The average molecular weight is 351 g/mol. The summed E-state index contributed by atoms with van der Waals surface area (Å²) in [6, 6.07) is 6.71. The van der Waals surface area contributed by atoms with Crippen LogP contribution >= 0.6 is 11.6 Å². The second kappa shape index (κ2) is 7.01. The van der Waals surface area contributed by atoms with Crippen LogP contribution in [0.3, 0.4) is 0 Å². The third-order valence-electron chi connectivity index (χ3n) is 3.86. The largest absolute Gasteiger partial charge is 0.394 e. The van der Waals surface area contributed by atoms with Crippen molar-refractivity contribution in [3.8, 4) is 11.1 Å². The van der Waals surface area contributed by atoms with Gasteiger partial charge < -0.3 is 11.5 Å². The van der Waals surface area contributed by atoms with E-state index in [4.69, 9.17) is 23.1 Å². The summed E-state index contributed by atoms with van der Waals surface area (Å²) in [5, 5.41) is 0.250. The van der Waals surface area contributed by atoms with Crippen molar-refractivity contribution in [3.05, 3.63) is 63.8 Å². The molecule has 0 aliphatic carbocycles. The quantitative estimate of drug-likeness (QED) is 0.817. The fourth-order valence-corrected chi connectivity index (χ4v) is 2.79. The van der Waals surface area contributed by atoms with Crippen LogP contribution in [0.15, 0.2) is 36.0 Å². The van der Waals surface area contributed by atoms with Gasteiger partial charge in [-0.3, -0.25) is 4.79 Å². The number of nitrogens with two attached hydrogens (primary N) is 2. The Kier molecular flexibility index (Phi) is 5.24. The highest BCUT2D eigenvalue weighted by Gasteiger charge is 2.18. The van der Waals surface area contributed by atoms with Gasteiger partial charge in [0, 0.05) is 10.6 Å². The molecule has 126 valence electrons. The summed E-state index contributed by atoms with van der Waals surface area (Å²) in [5.74, 6) is -1.92. The van der Waals surface area contributed by atoms with Crippen molar-refractivity contribution in [2.45, 2.75) is 20.3 Å². The highest BCUT2D eigenvalue weighted by Crippen LogP contribution is 2.34. The third-order valence-corrected chi connectivity index (χ3v) is 4.10. The van der Waals surface area contributed by atoms with Crippen LogP contribution in [0.1, 0.15) is 25.0 Å². The molecule has 6 heteroatoms. The first-order valence-corrected chi connectivity index (χ1v) is 7.68. The van der Waals surface area contributed by atoms with Gasteiger partial charge in [0.15, 0.2) is 0 Å². The first-order valence-electron chi connectivity index (χ1n) is 7.30. The minimum atomic E-state index is -0.793. The number of carbonyl (C=O) groups excluding carboxylic acids is 1. The number of amides is 1. The molecule has 0 unspecified atom stereocenters. The van der Waals surface area contributed by atoms with E-state index < -0.39 is 17.5 Å². The molecule has 0 aliphatic rings. The monoisotopic (exact) mass is 350 g/mol. The molecular formula is C18H17ClF2N2O. The third kappa shape index (κ3) is 3.41. The van der Waals surface area contributed by atoms with Crippen LogP contribution < -0.4 is 11.5 Å². The molecule has 0 radical (unpaired) electrons. The molecule has 2 aromatic carbocycles. The van der Waals surface area contributed by atoms with E-state index in [2.05, 4.69) is 0 Å². The van der Waals surface area contributed by atoms with Crippen LogP contribution in [-0.2, 0) is 11.2 Å². The van der Waals surface area contributed by atoms with Crippen molar-refractivity contribution < 1.29 is 13.6 Å². The van der Waals surface area contributed by atoms with Crippen LogP contribution in [-0.4, -0.2) is 5.91 Å². The van der Waals surface area contributed by atoms with Gasteiger partial charge in [0.2, 0.25) is 0 Å². The molecule has 0 aliphatic heterocycles. The lowest BCUT2D eigenvalue weighted by Crippen LogP contribution is -2.21. The maximum absolute atomic E-state index is 14.3. The van der Waals surface area contributed by atoms with Crippen molar-refractivity contribution in [1.82, 2.24) is 0 Å². The number of benzene rings is 2. The zero-order chi connectivity index (χ0) is 18.0. The summed E-state index contributed by atoms with van der Waals surface area (Å²) in [6.07, 6.45) is 0.483. The van der Waals surface area contributed by atoms with Gasteiger partial charge in [-0.05, 0) is 65.9 Å². The molecule has 0 bridgehead atoms. The fourth-order valence-electron chi connectivity index (χ4n) is 2.63. The maximum atomic E-state index is 14.3. The Bertz CT molecular complexity index is 847. The van der Waals surface area contributed by atoms with E-state index >= 15 is 0 Å². The van der Waals surface area contributed by atoms with Gasteiger partial charge in [0.1, 0.15) is 17.3 Å². The van der Waals surface area contributed by atoms with E-state index in [-0.39, 0.29) is 16.3 Å². The van der Waals surface area contributed by atoms with Crippen LogP contribution in [0.25, 0.3) is 16.7 Å². The van der Waals surface area contributed by atoms with Gasteiger partial charge in [-0.2, -0.15) is 0 Å². The molecular weight excluding hydrogens is 334 g/mol. The lowest BCUT2D eigenvalue weighted by atomic mass is 9.89. The Labute approximate surface area is 143 Å². The van der Waals surface area contributed by atoms with Crippen LogP contribution in [0.4, 0.5) is 8.78 Å². The van der Waals surface area contributed by atoms with Gasteiger partial charge in [-0.1, -0.05) is 18.5 Å². The fraction of sp³-hybridized carbons (Fsp3) is 0.167. The molecule has 24 heavy (non-hydrogen) atoms. The molecule has 2 rings (SSSR count). The standard InChI is InChI=1S/C18H17ClF2N2O/c1-3-12-14(9(2)17(22)18(23)24)7-11(20)8-15(12)13-5-4-10(19)6-16(13)21/h4-8H,3,22H2,1-2H3,(H2,23,24)/b17-9-. The van der Waals surface area contributed by atoms with E-state index in [9.17, 15) is 13.6 Å². The van der Waals surface area contributed by atoms with Crippen molar-refractivity contribution in [1.29, 1.82) is 0 Å². The molecule has 0 spiro atoms. The Morgan fingerprint density at radius 3 is 2.33 bits per heavy atom. The highest BCUT2D eigenvalue weighted by atomic mass is 35.5. The topological polar surface area (TPSA) is 69.1 Å². The second-order valence-electron chi connectivity index (χ2n) is 5.36. The van der Waals surface area contributed by atoms with Crippen molar-refractivity contribution >= 4 is 23.1 Å². The Morgan fingerprint density at radius 1 is 1.12 bits per heavy atom. The first kappa shape index (κ1) is 17.9. The van der Waals surface area contributed by atoms with Crippen molar-refractivity contribution in [2.75, 3.05) is 0 Å². The minimum absolute atomic E-state index is 0.155. The molecule has 1 amide bonds. The smallest absolute Gasteiger partial charge is 0.264 e. The van der Waals surface area contributed by atoms with Crippen LogP contribution in [0.5, 0.6) is 0 Å². The zero-order valence-electron chi connectivity index (χ0n) is 13.3. The summed E-state index contributed by atoms with van der Waals surface area (Å²) in [7, 11) is 0. The number of carbonyl (C=O) groups is 1. The average Bonchev–Trinajstić information content (AvgIpc) is 2.52. The molecule has 0 heterocycles. The first-order chi connectivity index (χ1) is 11.3. The van der Waals surface area contributed by atoms with Crippen LogP contribution in [0, 0.1) is 11.6 Å². The normalized spacial score (nSPS) is 12.0. The molecule has 0 saturated carbocycles. The van der Waals surface area contributed by atoms with E-state index in [1.165, 1.54) is 30.3 Å². The Morgan fingerprint density at radius 2 is 1.79 bits per heavy atom. The minimum Gasteiger partial charge on any atom is -0.394 e. The Hall–Kier alpha value is -2.40. The van der Waals surface area contributed by atoms with Crippen molar-refractivity contribution in [3.63, 3.8) is 0 Å². The predicted octanol–water partition coefficient (Wildman–Crippen LogP) is 4.02. The van der Waals surface area contributed by atoms with Gasteiger partial charge in [-0.15, -0.1) is 0 Å². The highest BCUT2D eigenvalue weighted by molar-refractivity contribution is 6.30. The molecule has 0 aromatic heterocycles. The molecule has 2 aromatic rings. The summed E-state index contributed by atoms with van der Waals surface area (Å²) >= 11 is 5.78. The second-order valence-corrected chi connectivity index (χ2v) is 5.80. The number of rotatable bonds is 4. The van der Waals surface area contributed by atoms with Gasteiger partial charge >= 0.3 is 0 Å². The Balaban J connectivity index is 2.80. The predicted molar refractivity (Wildman–Crippen MR) is 92.2 cm³/mol.